The van der Waals surface area contributed by atoms with E-state index in [1.807, 2.05) is 18.2 Å². The third-order valence-electron chi connectivity index (χ3n) is 4.05. The van der Waals surface area contributed by atoms with Gasteiger partial charge in [-0.3, -0.25) is 20.0 Å². The molecule has 2 heterocycles. The molecule has 1 aliphatic heterocycles. The topological polar surface area (TPSA) is 101 Å². The highest BCUT2D eigenvalue weighted by Gasteiger charge is 2.30. The first kappa shape index (κ1) is 16.1. The fraction of sp³-hybridized carbons (Fsp3) is 0.375. The average molecular weight is 330 g/mol. The summed E-state index contributed by atoms with van der Waals surface area (Å²) in [5, 5.41) is 17.0. The second-order valence-electron chi connectivity index (χ2n) is 5.66. The summed E-state index contributed by atoms with van der Waals surface area (Å²) in [4.78, 5) is 24.4. The Bertz CT molecular complexity index is 716. The summed E-state index contributed by atoms with van der Waals surface area (Å²) in [5.41, 5.74) is 0.838. The van der Waals surface area contributed by atoms with Crippen LogP contribution in [-0.4, -0.2) is 51.7 Å². The first-order valence-corrected chi connectivity index (χ1v) is 7.77. The number of amides is 1. The van der Waals surface area contributed by atoms with Crippen LogP contribution in [0.25, 0.3) is 0 Å². The van der Waals surface area contributed by atoms with Crippen molar-refractivity contribution in [3.63, 3.8) is 0 Å². The minimum atomic E-state index is -0.607. The van der Waals surface area contributed by atoms with Gasteiger partial charge in [-0.1, -0.05) is 30.3 Å². The van der Waals surface area contributed by atoms with Gasteiger partial charge in [0.1, 0.15) is 6.20 Å². The number of carbonyl (C=O) groups excluding carboxylic acids is 1. The van der Waals surface area contributed by atoms with E-state index >= 15 is 0 Å². The average Bonchev–Trinajstić information content (AvgIpc) is 3.10. The zero-order valence-corrected chi connectivity index (χ0v) is 13.1. The van der Waals surface area contributed by atoms with E-state index in [4.69, 9.17) is 4.74 Å². The van der Waals surface area contributed by atoms with Crippen LogP contribution in [0, 0.1) is 10.1 Å². The van der Waals surface area contributed by atoms with Crippen LogP contribution in [0.2, 0.25) is 0 Å². The first-order chi connectivity index (χ1) is 11.6. The highest BCUT2D eigenvalue weighted by Crippen LogP contribution is 2.19. The van der Waals surface area contributed by atoms with E-state index in [9.17, 15) is 14.9 Å². The molecule has 1 amide bonds. The summed E-state index contributed by atoms with van der Waals surface area (Å²) in [7, 11) is 0. The third-order valence-corrected chi connectivity index (χ3v) is 4.05. The molecule has 0 saturated carbocycles. The molecule has 8 nitrogen and oxygen atoms in total. The normalized spacial score (nSPS) is 17.7. The van der Waals surface area contributed by atoms with Crippen LogP contribution in [0.1, 0.15) is 22.5 Å². The lowest BCUT2D eigenvalue weighted by molar-refractivity contribution is -0.385. The third kappa shape index (κ3) is 3.60. The molecule has 3 rings (SSSR count). The van der Waals surface area contributed by atoms with Crippen molar-refractivity contribution in [1.82, 2.24) is 15.1 Å². The van der Waals surface area contributed by atoms with Crippen molar-refractivity contribution < 1.29 is 14.5 Å². The van der Waals surface area contributed by atoms with Crippen molar-refractivity contribution in [2.45, 2.75) is 18.9 Å². The number of hydrogen-bond donors (Lipinski definition) is 1. The molecule has 2 aromatic rings. The maximum atomic E-state index is 12.5. The molecular weight excluding hydrogens is 312 g/mol. The van der Waals surface area contributed by atoms with Crippen LogP contribution in [0.15, 0.2) is 36.5 Å². The van der Waals surface area contributed by atoms with Crippen molar-refractivity contribution in [1.29, 1.82) is 0 Å². The number of hydrogen-bond acceptors (Lipinski definition) is 5. The van der Waals surface area contributed by atoms with Gasteiger partial charge < -0.3 is 9.64 Å². The van der Waals surface area contributed by atoms with E-state index in [0.717, 1.165) is 19.0 Å². The number of ether oxygens (including phenoxy) is 1. The smallest absolute Gasteiger partial charge is 0.319 e. The minimum Gasteiger partial charge on any atom is -0.375 e. The Kier molecular flexibility index (Phi) is 4.85. The number of nitrogens with zero attached hydrogens (tertiary/aromatic N) is 3. The van der Waals surface area contributed by atoms with Gasteiger partial charge in [-0.15, -0.1) is 0 Å². The number of rotatable bonds is 5. The monoisotopic (exact) mass is 330 g/mol. The van der Waals surface area contributed by atoms with Crippen molar-refractivity contribution in [2.75, 3.05) is 19.7 Å². The lowest BCUT2D eigenvalue weighted by atomic mass is 10.1. The van der Waals surface area contributed by atoms with E-state index in [1.54, 1.807) is 4.90 Å². The minimum absolute atomic E-state index is 0.0788. The molecule has 1 atom stereocenters. The number of H-pyrrole nitrogens is 1. The predicted octanol–water partition coefficient (Wildman–Crippen LogP) is 1.79. The number of aromatic nitrogens is 2. The van der Waals surface area contributed by atoms with Crippen LogP contribution in [0.3, 0.4) is 0 Å². The molecule has 0 radical (unpaired) electrons. The molecule has 0 aliphatic carbocycles. The maximum absolute atomic E-state index is 12.5. The molecular formula is C16H18N4O4. The fourth-order valence-corrected chi connectivity index (χ4v) is 2.78. The molecule has 1 fully saturated rings. The highest BCUT2D eigenvalue weighted by atomic mass is 16.6. The summed E-state index contributed by atoms with van der Waals surface area (Å²) < 4.78 is 5.72. The number of carbonyl (C=O) groups is 1. The summed E-state index contributed by atoms with van der Waals surface area (Å²) in [6, 6.07) is 10.1. The van der Waals surface area contributed by atoms with Crippen molar-refractivity contribution in [3.05, 3.63) is 57.9 Å². The highest BCUT2D eigenvalue weighted by molar-refractivity contribution is 5.96. The van der Waals surface area contributed by atoms with Gasteiger partial charge in [-0.25, -0.2) is 0 Å². The summed E-state index contributed by atoms with van der Waals surface area (Å²) in [6.07, 6.45) is 2.63. The molecule has 1 aromatic heterocycles. The van der Waals surface area contributed by atoms with Gasteiger partial charge in [0.25, 0.3) is 5.91 Å². The molecule has 1 aliphatic rings. The molecule has 1 N–H and O–H groups in total. The zero-order chi connectivity index (χ0) is 16.9. The lowest BCUT2D eigenvalue weighted by Gasteiger charge is -2.32. The second kappa shape index (κ2) is 7.22. The number of benzene rings is 1. The molecule has 0 bridgehead atoms. The van der Waals surface area contributed by atoms with E-state index in [0.29, 0.717) is 19.7 Å². The standard InChI is InChI=1S/C16H18N4O4/c21-16(15-14(20(22)23)10-17-18-15)19-8-9-24-13(11-19)7-6-12-4-2-1-3-5-12/h1-5,10,13H,6-9,11H2,(H,17,18). The fourth-order valence-electron chi connectivity index (χ4n) is 2.78. The Labute approximate surface area is 138 Å². The Balaban J connectivity index is 1.61. The maximum Gasteiger partial charge on any atom is 0.319 e. The van der Waals surface area contributed by atoms with Crippen LogP contribution in [0.4, 0.5) is 5.69 Å². The van der Waals surface area contributed by atoms with Gasteiger partial charge >= 0.3 is 5.69 Å². The molecule has 24 heavy (non-hydrogen) atoms. The zero-order valence-electron chi connectivity index (χ0n) is 13.1. The lowest BCUT2D eigenvalue weighted by Crippen LogP contribution is -2.46. The second-order valence-corrected chi connectivity index (χ2v) is 5.66. The first-order valence-electron chi connectivity index (χ1n) is 7.77. The number of nitrogens with one attached hydrogen (secondary N) is 1. The SMILES string of the molecule is O=C(c1[nH]ncc1[N+](=O)[O-])N1CCOC(CCc2ccccc2)C1. The number of nitro groups is 1. The van der Waals surface area contributed by atoms with E-state index in [-0.39, 0.29) is 17.5 Å². The van der Waals surface area contributed by atoms with Gasteiger partial charge in [-0.2, -0.15) is 5.10 Å². The van der Waals surface area contributed by atoms with Gasteiger partial charge in [-0.05, 0) is 18.4 Å². The Morgan fingerprint density at radius 3 is 2.96 bits per heavy atom. The van der Waals surface area contributed by atoms with Gasteiger partial charge in [0.15, 0.2) is 0 Å². The van der Waals surface area contributed by atoms with Crippen LogP contribution in [-0.2, 0) is 11.2 Å². The van der Waals surface area contributed by atoms with Crippen molar-refractivity contribution >= 4 is 11.6 Å². The summed E-state index contributed by atoms with van der Waals surface area (Å²) in [6.45, 7) is 1.26. The molecule has 126 valence electrons. The molecule has 8 heteroatoms. The largest absolute Gasteiger partial charge is 0.375 e. The Morgan fingerprint density at radius 2 is 2.21 bits per heavy atom. The number of aromatic amines is 1. The van der Waals surface area contributed by atoms with Gasteiger partial charge in [0.05, 0.1) is 17.6 Å². The van der Waals surface area contributed by atoms with Crippen LogP contribution in [0.5, 0.6) is 0 Å². The van der Waals surface area contributed by atoms with Crippen LogP contribution >= 0.6 is 0 Å². The van der Waals surface area contributed by atoms with E-state index in [2.05, 4.69) is 22.3 Å². The quantitative estimate of drug-likeness (QED) is 0.665. The van der Waals surface area contributed by atoms with Gasteiger partial charge in [0.2, 0.25) is 5.69 Å². The van der Waals surface area contributed by atoms with E-state index < -0.39 is 10.8 Å². The number of aryl methyl sites for hydroxylation is 1. The van der Waals surface area contributed by atoms with E-state index in [1.165, 1.54) is 5.56 Å². The molecule has 1 saturated heterocycles. The molecule has 1 aromatic carbocycles. The van der Waals surface area contributed by atoms with Gasteiger partial charge in [0, 0.05) is 13.1 Å². The predicted molar refractivity (Wildman–Crippen MR) is 85.6 cm³/mol. The molecule has 1 unspecified atom stereocenters. The van der Waals surface area contributed by atoms with Crippen molar-refractivity contribution in [2.24, 2.45) is 0 Å². The number of morpholine rings is 1. The Hall–Kier alpha value is -2.74. The van der Waals surface area contributed by atoms with Crippen molar-refractivity contribution in [3.8, 4) is 0 Å². The summed E-state index contributed by atoms with van der Waals surface area (Å²) >= 11 is 0. The molecule has 0 spiro atoms. The Morgan fingerprint density at radius 1 is 1.42 bits per heavy atom. The summed E-state index contributed by atoms with van der Waals surface area (Å²) in [5.74, 6) is -0.410. The van der Waals surface area contributed by atoms with Crippen LogP contribution < -0.4 is 0 Å².